The largest absolute Gasteiger partial charge is 0.493 e. The van der Waals surface area contributed by atoms with E-state index in [2.05, 4.69) is 46.8 Å². The summed E-state index contributed by atoms with van der Waals surface area (Å²) in [4.78, 5) is 2.54. The summed E-state index contributed by atoms with van der Waals surface area (Å²) in [7, 11) is -1.84. The van der Waals surface area contributed by atoms with E-state index in [1.165, 1.54) is 22.4 Å². The van der Waals surface area contributed by atoms with E-state index in [1.54, 1.807) is 0 Å². The molecule has 1 unspecified atom stereocenters. The SMILES string of the molecule is C=S1(=O)CCC(n2cc3c(n2)CCN(C(C)c2ccc4c(c2)OCC4)C3)CC1. The van der Waals surface area contributed by atoms with E-state index < -0.39 is 9.52 Å². The molecule has 0 amide bonds. The molecule has 4 heterocycles. The van der Waals surface area contributed by atoms with Gasteiger partial charge >= 0.3 is 0 Å². The van der Waals surface area contributed by atoms with Crippen molar-refractivity contribution in [2.45, 2.75) is 51.2 Å². The van der Waals surface area contributed by atoms with Crippen molar-refractivity contribution in [3.8, 4) is 5.75 Å². The van der Waals surface area contributed by atoms with Gasteiger partial charge in [0.2, 0.25) is 0 Å². The fourth-order valence-electron chi connectivity index (χ4n) is 4.74. The Hall–Kier alpha value is -1.79. The van der Waals surface area contributed by atoms with E-state index in [0.717, 1.165) is 62.6 Å². The highest BCUT2D eigenvalue weighted by Gasteiger charge is 2.28. The lowest BCUT2D eigenvalue weighted by Crippen LogP contribution is -2.32. The Kier molecular flexibility index (Phi) is 4.51. The minimum atomic E-state index is -1.84. The van der Waals surface area contributed by atoms with E-state index in [4.69, 9.17) is 9.84 Å². The van der Waals surface area contributed by atoms with Crippen LogP contribution in [0.25, 0.3) is 0 Å². The van der Waals surface area contributed by atoms with Gasteiger partial charge in [-0.15, -0.1) is 0 Å². The maximum Gasteiger partial charge on any atom is 0.122 e. The second kappa shape index (κ2) is 6.92. The maximum absolute atomic E-state index is 12.1. The standard InChI is InChI=1S/C22H29N3O2S/c1-16(18-4-3-17-6-10-27-22(17)13-18)24-9-5-21-19(14-24)15-25(23-21)20-7-11-28(2,26)12-8-20/h3-4,13,15-16,20H,2,5-12,14H2,1H3. The molecule has 6 heteroatoms. The lowest BCUT2D eigenvalue weighted by Gasteiger charge is -2.32. The topological polar surface area (TPSA) is 47.4 Å². The van der Waals surface area contributed by atoms with Gasteiger partial charge in [0.15, 0.2) is 0 Å². The number of hydrogen-bond donors (Lipinski definition) is 0. The maximum atomic E-state index is 12.1. The quantitative estimate of drug-likeness (QED) is 0.745. The summed E-state index contributed by atoms with van der Waals surface area (Å²) in [6.07, 6.45) is 6.12. The molecular weight excluding hydrogens is 370 g/mol. The zero-order chi connectivity index (χ0) is 19.3. The summed E-state index contributed by atoms with van der Waals surface area (Å²) in [5, 5.41) is 4.89. The van der Waals surface area contributed by atoms with Gasteiger partial charge < -0.3 is 4.74 Å². The molecule has 0 radical (unpaired) electrons. The van der Waals surface area contributed by atoms with Crippen LogP contribution in [0.1, 0.15) is 54.2 Å². The van der Waals surface area contributed by atoms with Crippen LogP contribution < -0.4 is 4.74 Å². The molecular formula is C22H29N3O2S. The number of aromatic nitrogens is 2. The third-order valence-corrected chi connectivity index (χ3v) is 8.63. The van der Waals surface area contributed by atoms with Crippen LogP contribution in [0.3, 0.4) is 0 Å². The molecule has 28 heavy (non-hydrogen) atoms. The Morgan fingerprint density at radius 3 is 2.89 bits per heavy atom. The fraction of sp³-hybridized carbons (Fsp3) is 0.545. The van der Waals surface area contributed by atoms with Crippen molar-refractivity contribution in [2.24, 2.45) is 0 Å². The summed E-state index contributed by atoms with van der Waals surface area (Å²) in [5.74, 6) is 6.40. The average Bonchev–Trinajstić information content (AvgIpc) is 3.32. The summed E-state index contributed by atoms with van der Waals surface area (Å²) in [6.45, 7) is 5.06. The van der Waals surface area contributed by atoms with Crippen molar-refractivity contribution in [1.82, 2.24) is 14.7 Å². The number of benzene rings is 1. The zero-order valence-electron chi connectivity index (χ0n) is 16.6. The van der Waals surface area contributed by atoms with Crippen LogP contribution >= 0.6 is 0 Å². The minimum Gasteiger partial charge on any atom is -0.493 e. The minimum absolute atomic E-state index is 0.358. The summed E-state index contributed by atoms with van der Waals surface area (Å²) in [6, 6.07) is 7.45. The van der Waals surface area contributed by atoms with Gasteiger partial charge in [-0.25, -0.2) is 0 Å². The van der Waals surface area contributed by atoms with E-state index in [9.17, 15) is 4.21 Å². The highest BCUT2D eigenvalue weighted by Crippen LogP contribution is 2.33. The molecule has 5 rings (SSSR count). The van der Waals surface area contributed by atoms with E-state index >= 15 is 0 Å². The molecule has 3 aliphatic rings. The first-order valence-electron chi connectivity index (χ1n) is 10.4. The average molecular weight is 400 g/mol. The predicted molar refractivity (Wildman–Crippen MR) is 114 cm³/mol. The number of rotatable bonds is 3. The van der Waals surface area contributed by atoms with Crippen LogP contribution in [0.15, 0.2) is 24.4 Å². The van der Waals surface area contributed by atoms with E-state index in [0.29, 0.717) is 12.1 Å². The lowest BCUT2D eigenvalue weighted by molar-refractivity contribution is 0.191. The van der Waals surface area contributed by atoms with Crippen LogP contribution in [0.2, 0.25) is 0 Å². The summed E-state index contributed by atoms with van der Waals surface area (Å²) < 4.78 is 20.1. The van der Waals surface area contributed by atoms with Crippen LogP contribution in [-0.2, 0) is 28.9 Å². The van der Waals surface area contributed by atoms with Gasteiger partial charge in [-0.3, -0.25) is 13.8 Å². The first-order chi connectivity index (χ1) is 13.5. The van der Waals surface area contributed by atoms with Crippen LogP contribution in [-0.4, -0.2) is 49.4 Å². The van der Waals surface area contributed by atoms with Crippen molar-refractivity contribution in [2.75, 3.05) is 24.7 Å². The third-order valence-electron chi connectivity index (χ3n) is 6.67. The van der Waals surface area contributed by atoms with Crippen molar-refractivity contribution in [1.29, 1.82) is 0 Å². The molecule has 5 nitrogen and oxygen atoms in total. The molecule has 1 saturated heterocycles. The van der Waals surface area contributed by atoms with Crippen molar-refractivity contribution in [3.63, 3.8) is 0 Å². The van der Waals surface area contributed by atoms with E-state index in [1.807, 2.05) is 0 Å². The molecule has 0 N–H and O–H groups in total. The Morgan fingerprint density at radius 1 is 1.25 bits per heavy atom. The molecule has 1 fully saturated rings. The first-order valence-corrected chi connectivity index (χ1v) is 12.4. The van der Waals surface area contributed by atoms with Crippen LogP contribution in [0, 0.1) is 0 Å². The monoisotopic (exact) mass is 399 g/mol. The summed E-state index contributed by atoms with van der Waals surface area (Å²) >= 11 is 0. The molecule has 0 bridgehead atoms. The van der Waals surface area contributed by atoms with Crippen LogP contribution in [0.5, 0.6) is 5.75 Å². The Bertz CT molecular complexity index is 981. The Labute approximate surface area is 167 Å². The Morgan fingerprint density at radius 2 is 2.07 bits per heavy atom. The van der Waals surface area contributed by atoms with Gasteiger partial charge in [0, 0.05) is 55.2 Å². The fourth-order valence-corrected chi connectivity index (χ4v) is 6.35. The molecule has 150 valence electrons. The highest BCUT2D eigenvalue weighted by molar-refractivity contribution is 8.00. The molecule has 1 atom stereocenters. The van der Waals surface area contributed by atoms with Gasteiger partial charge in [-0.2, -0.15) is 5.10 Å². The third kappa shape index (κ3) is 3.37. The Balaban J connectivity index is 1.31. The molecule has 0 saturated carbocycles. The predicted octanol–water partition coefficient (Wildman–Crippen LogP) is 2.99. The molecule has 3 aliphatic heterocycles. The molecule has 1 aromatic carbocycles. The van der Waals surface area contributed by atoms with Gasteiger partial charge in [-0.1, -0.05) is 12.1 Å². The van der Waals surface area contributed by atoms with Crippen molar-refractivity contribution in [3.05, 3.63) is 46.8 Å². The summed E-state index contributed by atoms with van der Waals surface area (Å²) in [5.41, 5.74) is 5.24. The smallest absolute Gasteiger partial charge is 0.122 e. The van der Waals surface area contributed by atoms with Gasteiger partial charge in [-0.05, 0) is 52.4 Å². The molecule has 2 aromatic rings. The van der Waals surface area contributed by atoms with Crippen LogP contribution in [0.4, 0.5) is 0 Å². The molecule has 0 aliphatic carbocycles. The first kappa shape index (κ1) is 18.3. The normalized spacial score (nSPS) is 28.4. The molecule has 0 spiro atoms. The van der Waals surface area contributed by atoms with Crippen molar-refractivity contribution < 1.29 is 8.95 Å². The molecule has 1 aromatic heterocycles. The number of ether oxygens (including phenoxy) is 1. The van der Waals surface area contributed by atoms with Gasteiger partial charge in [0.1, 0.15) is 5.75 Å². The van der Waals surface area contributed by atoms with Gasteiger partial charge in [0.25, 0.3) is 0 Å². The van der Waals surface area contributed by atoms with Gasteiger partial charge in [0.05, 0.1) is 18.3 Å². The van der Waals surface area contributed by atoms with E-state index in [-0.39, 0.29) is 0 Å². The zero-order valence-corrected chi connectivity index (χ0v) is 17.4. The lowest BCUT2D eigenvalue weighted by atomic mass is 10.0. The number of fused-ring (bicyclic) bond motifs is 2. The number of hydrogen-bond acceptors (Lipinski definition) is 4. The second-order valence-electron chi connectivity index (χ2n) is 8.55. The highest BCUT2D eigenvalue weighted by atomic mass is 32.2. The second-order valence-corrected chi connectivity index (χ2v) is 11.3. The number of nitrogens with zero attached hydrogens (tertiary/aromatic N) is 3. The van der Waals surface area contributed by atoms with Crippen molar-refractivity contribution >= 4 is 15.4 Å².